The smallest absolute Gasteiger partial charge is 0.404 e. The molecule has 7 nitrogen and oxygen atoms in total. The Bertz CT molecular complexity index is 1400. The molecule has 2 atom stereocenters. The standard InChI is InChI=1S/C32H37F2N3O4/c1-21-7-3-8-23(17-21)29-26(10-4-11-27(29)33)32(41,14-6-15-36-31(39)40)24-9-5-16-37(20-24)30(38)25-13-12-22(19-35-2)18-28(25)34/h3-4,7-8,10-13,17-18,24,35-36,41H,5-6,9,14-16,19-20H2,1-2H3,(H,39,40)/t24-,32+/m1/s1. The van der Waals surface area contributed by atoms with Crippen LogP contribution >= 0.6 is 0 Å². The SMILES string of the molecule is CNCc1ccc(C(=O)N2CCC[C@@H]([C@@](O)(CCCNC(=O)O)c3cccc(F)c3-c3cccc(C)c3)C2)c(F)c1. The van der Waals surface area contributed by atoms with E-state index in [2.05, 4.69) is 10.6 Å². The Morgan fingerprint density at radius 3 is 2.56 bits per heavy atom. The van der Waals surface area contributed by atoms with Crippen molar-refractivity contribution in [1.29, 1.82) is 0 Å². The highest BCUT2D eigenvalue weighted by Gasteiger charge is 2.43. The van der Waals surface area contributed by atoms with E-state index in [1.54, 1.807) is 36.2 Å². The lowest BCUT2D eigenvalue weighted by atomic mass is 9.72. The molecule has 0 unspecified atom stereocenters. The lowest BCUT2D eigenvalue weighted by Crippen LogP contribution is -2.48. The number of carbonyl (C=O) groups is 2. The minimum atomic E-state index is -1.59. The van der Waals surface area contributed by atoms with Gasteiger partial charge in [-0.05, 0) is 74.5 Å². The fraction of sp³-hybridized carbons (Fsp3) is 0.375. The van der Waals surface area contributed by atoms with Crippen LogP contribution in [0.4, 0.5) is 13.6 Å². The molecule has 218 valence electrons. The molecule has 0 radical (unpaired) electrons. The van der Waals surface area contributed by atoms with Crippen LogP contribution in [-0.4, -0.2) is 53.8 Å². The molecule has 0 bridgehead atoms. The molecule has 1 heterocycles. The Balaban J connectivity index is 1.70. The summed E-state index contributed by atoms with van der Waals surface area (Å²) in [5.41, 5.74) is 1.31. The highest BCUT2D eigenvalue weighted by Crippen LogP contribution is 2.44. The number of rotatable bonds is 10. The molecule has 2 amide bonds. The molecule has 3 aromatic rings. The monoisotopic (exact) mass is 565 g/mol. The van der Waals surface area contributed by atoms with Gasteiger partial charge in [0, 0.05) is 37.7 Å². The minimum absolute atomic E-state index is 0.0362. The van der Waals surface area contributed by atoms with E-state index in [1.807, 2.05) is 25.1 Å². The zero-order valence-electron chi connectivity index (χ0n) is 23.4. The van der Waals surface area contributed by atoms with Crippen LogP contribution in [0.2, 0.25) is 0 Å². The van der Waals surface area contributed by atoms with E-state index in [1.165, 1.54) is 18.2 Å². The lowest BCUT2D eigenvalue weighted by molar-refractivity contribution is -0.0565. The molecule has 1 fully saturated rings. The van der Waals surface area contributed by atoms with Crippen LogP contribution in [0.15, 0.2) is 60.7 Å². The average Bonchev–Trinajstić information content (AvgIpc) is 2.95. The first-order valence-corrected chi connectivity index (χ1v) is 13.9. The second-order valence-electron chi connectivity index (χ2n) is 10.7. The zero-order valence-corrected chi connectivity index (χ0v) is 23.4. The first-order chi connectivity index (χ1) is 19.6. The van der Waals surface area contributed by atoms with Crippen molar-refractivity contribution < 1.29 is 28.6 Å². The molecule has 0 aromatic heterocycles. The second kappa shape index (κ2) is 13.2. The molecule has 1 saturated heterocycles. The van der Waals surface area contributed by atoms with E-state index < -0.39 is 35.2 Å². The predicted octanol–water partition coefficient (Wildman–Crippen LogP) is 5.45. The summed E-state index contributed by atoms with van der Waals surface area (Å²) < 4.78 is 30.4. The van der Waals surface area contributed by atoms with Crippen molar-refractivity contribution in [3.05, 3.63) is 94.6 Å². The summed E-state index contributed by atoms with van der Waals surface area (Å²) in [5, 5.41) is 26.8. The van der Waals surface area contributed by atoms with E-state index in [0.717, 1.165) is 11.1 Å². The summed E-state index contributed by atoms with van der Waals surface area (Å²) in [5.74, 6) is -2.05. The van der Waals surface area contributed by atoms with Crippen molar-refractivity contribution in [3.63, 3.8) is 0 Å². The molecule has 3 aromatic carbocycles. The van der Waals surface area contributed by atoms with Crippen molar-refractivity contribution in [1.82, 2.24) is 15.5 Å². The van der Waals surface area contributed by atoms with Gasteiger partial charge >= 0.3 is 6.09 Å². The summed E-state index contributed by atoms with van der Waals surface area (Å²) >= 11 is 0. The van der Waals surface area contributed by atoms with E-state index in [0.29, 0.717) is 43.5 Å². The summed E-state index contributed by atoms with van der Waals surface area (Å²) in [6.45, 7) is 3.02. The molecule has 1 aliphatic rings. The number of hydrogen-bond donors (Lipinski definition) is 4. The number of nitrogens with zero attached hydrogens (tertiary/aromatic N) is 1. The van der Waals surface area contributed by atoms with Gasteiger partial charge in [-0.1, -0.05) is 48.0 Å². The number of aliphatic hydroxyl groups is 1. The van der Waals surface area contributed by atoms with Gasteiger partial charge < -0.3 is 25.7 Å². The van der Waals surface area contributed by atoms with E-state index in [4.69, 9.17) is 5.11 Å². The van der Waals surface area contributed by atoms with Gasteiger partial charge in [-0.3, -0.25) is 4.79 Å². The van der Waals surface area contributed by atoms with Gasteiger partial charge in [0.1, 0.15) is 11.6 Å². The molecule has 4 N–H and O–H groups in total. The normalized spacial score (nSPS) is 16.7. The summed E-state index contributed by atoms with van der Waals surface area (Å²) in [4.78, 5) is 26.1. The predicted molar refractivity (Wildman–Crippen MR) is 154 cm³/mol. The first kappa shape index (κ1) is 30.1. The number of nitrogens with one attached hydrogen (secondary N) is 2. The van der Waals surface area contributed by atoms with Crippen LogP contribution < -0.4 is 10.6 Å². The summed E-state index contributed by atoms with van der Waals surface area (Å²) in [6.07, 6.45) is 0.381. The maximum atomic E-state index is 15.5. The fourth-order valence-corrected chi connectivity index (χ4v) is 5.86. The highest BCUT2D eigenvalue weighted by atomic mass is 19.1. The Labute approximate surface area is 239 Å². The van der Waals surface area contributed by atoms with Crippen LogP contribution in [0.3, 0.4) is 0 Å². The highest BCUT2D eigenvalue weighted by molar-refractivity contribution is 5.94. The largest absolute Gasteiger partial charge is 0.465 e. The Morgan fingerprint density at radius 1 is 1.07 bits per heavy atom. The third-order valence-corrected chi connectivity index (χ3v) is 7.83. The second-order valence-corrected chi connectivity index (χ2v) is 10.7. The van der Waals surface area contributed by atoms with Crippen molar-refractivity contribution >= 4 is 12.0 Å². The van der Waals surface area contributed by atoms with E-state index >= 15 is 4.39 Å². The lowest BCUT2D eigenvalue weighted by Gasteiger charge is -2.43. The zero-order chi connectivity index (χ0) is 29.6. The summed E-state index contributed by atoms with van der Waals surface area (Å²) in [7, 11) is 1.76. The van der Waals surface area contributed by atoms with Gasteiger partial charge in [-0.2, -0.15) is 0 Å². The number of likely N-dealkylation sites (tertiary alicyclic amines) is 1. The maximum Gasteiger partial charge on any atom is 0.404 e. The number of carbonyl (C=O) groups excluding carboxylic acids is 1. The number of amides is 2. The third-order valence-electron chi connectivity index (χ3n) is 7.83. The Morgan fingerprint density at radius 2 is 1.85 bits per heavy atom. The molecule has 0 saturated carbocycles. The van der Waals surface area contributed by atoms with E-state index in [-0.39, 0.29) is 30.6 Å². The van der Waals surface area contributed by atoms with Crippen LogP contribution in [0.5, 0.6) is 0 Å². The van der Waals surface area contributed by atoms with Crippen LogP contribution in [-0.2, 0) is 12.1 Å². The van der Waals surface area contributed by atoms with Crippen molar-refractivity contribution in [2.45, 2.75) is 44.8 Å². The van der Waals surface area contributed by atoms with Crippen molar-refractivity contribution in [3.8, 4) is 11.1 Å². The minimum Gasteiger partial charge on any atom is -0.465 e. The Kier molecular flexibility index (Phi) is 9.73. The number of piperidine rings is 1. The van der Waals surface area contributed by atoms with Gasteiger partial charge in [0.2, 0.25) is 0 Å². The van der Waals surface area contributed by atoms with Crippen LogP contribution in [0.25, 0.3) is 11.1 Å². The average molecular weight is 566 g/mol. The van der Waals surface area contributed by atoms with Gasteiger partial charge in [0.15, 0.2) is 0 Å². The van der Waals surface area contributed by atoms with Crippen LogP contribution in [0.1, 0.15) is 52.7 Å². The first-order valence-electron chi connectivity index (χ1n) is 13.9. The maximum absolute atomic E-state index is 15.5. The topological polar surface area (TPSA) is 102 Å². The molecule has 41 heavy (non-hydrogen) atoms. The summed E-state index contributed by atoms with van der Waals surface area (Å²) in [6, 6.07) is 16.5. The molecule has 4 rings (SSSR count). The molecule has 9 heteroatoms. The van der Waals surface area contributed by atoms with Crippen molar-refractivity contribution in [2.75, 3.05) is 26.7 Å². The molecule has 0 aliphatic carbocycles. The number of hydrogen-bond acceptors (Lipinski definition) is 4. The van der Waals surface area contributed by atoms with Gasteiger partial charge in [-0.15, -0.1) is 0 Å². The van der Waals surface area contributed by atoms with E-state index in [9.17, 15) is 19.1 Å². The van der Waals surface area contributed by atoms with Crippen LogP contribution in [0, 0.1) is 24.5 Å². The fourth-order valence-electron chi connectivity index (χ4n) is 5.86. The number of aryl methyl sites for hydroxylation is 1. The molecule has 1 aliphatic heterocycles. The third kappa shape index (κ3) is 6.92. The van der Waals surface area contributed by atoms with Crippen molar-refractivity contribution in [2.24, 2.45) is 5.92 Å². The molecule has 0 spiro atoms. The number of carboxylic acid groups (broad SMARTS) is 1. The molecular formula is C32H37F2N3O4. The Hall–Kier alpha value is -3.82. The quantitative estimate of drug-likeness (QED) is 0.245. The molecular weight excluding hydrogens is 528 g/mol. The van der Waals surface area contributed by atoms with Gasteiger partial charge in [0.25, 0.3) is 5.91 Å². The number of benzene rings is 3. The number of halogens is 2. The van der Waals surface area contributed by atoms with Gasteiger partial charge in [0.05, 0.1) is 11.2 Å². The van der Waals surface area contributed by atoms with Gasteiger partial charge in [-0.25, -0.2) is 13.6 Å².